The van der Waals surface area contributed by atoms with Crippen LogP contribution in [0.4, 0.5) is 5.82 Å². The van der Waals surface area contributed by atoms with E-state index in [2.05, 4.69) is 19.9 Å². The van der Waals surface area contributed by atoms with Gasteiger partial charge in [-0.2, -0.15) is 0 Å². The molecular formula is C20H20N6O. The van der Waals surface area contributed by atoms with Crippen LogP contribution in [0, 0.1) is 0 Å². The van der Waals surface area contributed by atoms with E-state index >= 15 is 0 Å². The van der Waals surface area contributed by atoms with E-state index in [4.69, 9.17) is 0 Å². The van der Waals surface area contributed by atoms with Crippen LogP contribution in [0.2, 0.25) is 0 Å². The van der Waals surface area contributed by atoms with E-state index in [1.807, 2.05) is 58.1 Å². The van der Waals surface area contributed by atoms with Crippen LogP contribution < -0.4 is 4.90 Å². The Morgan fingerprint density at radius 2 is 1.78 bits per heavy atom. The van der Waals surface area contributed by atoms with Gasteiger partial charge in [0.25, 0.3) is 0 Å². The normalized spacial score (nSPS) is 14.7. The Bertz CT molecular complexity index is 915. The molecule has 0 bridgehead atoms. The highest BCUT2D eigenvalue weighted by atomic mass is 16.2. The van der Waals surface area contributed by atoms with Crippen molar-refractivity contribution in [3.63, 3.8) is 0 Å². The lowest BCUT2D eigenvalue weighted by atomic mass is 10.2. The van der Waals surface area contributed by atoms with Gasteiger partial charge in [-0.1, -0.05) is 30.3 Å². The zero-order valence-electron chi connectivity index (χ0n) is 14.8. The summed E-state index contributed by atoms with van der Waals surface area (Å²) >= 11 is 0. The molecule has 27 heavy (non-hydrogen) atoms. The maximum Gasteiger partial charge on any atom is 0.246 e. The fraction of sp³-hybridized carbons (Fsp3) is 0.200. The first-order valence-electron chi connectivity index (χ1n) is 8.87. The van der Waals surface area contributed by atoms with Gasteiger partial charge in [-0.25, -0.2) is 15.0 Å². The topological polar surface area (TPSA) is 67.2 Å². The quantitative estimate of drug-likeness (QED) is 0.666. The number of piperazine rings is 1. The van der Waals surface area contributed by atoms with Crippen molar-refractivity contribution in [1.82, 2.24) is 24.4 Å². The van der Waals surface area contributed by atoms with E-state index in [0.717, 1.165) is 30.3 Å². The van der Waals surface area contributed by atoms with Gasteiger partial charge >= 0.3 is 0 Å². The largest absolute Gasteiger partial charge is 0.353 e. The molecule has 3 heterocycles. The zero-order chi connectivity index (χ0) is 18.5. The number of carbonyl (C=O) groups is 1. The molecule has 3 aromatic rings. The molecule has 1 fully saturated rings. The summed E-state index contributed by atoms with van der Waals surface area (Å²) in [6, 6.07) is 11.8. The van der Waals surface area contributed by atoms with Crippen LogP contribution in [0.25, 0.3) is 11.9 Å². The maximum atomic E-state index is 12.4. The SMILES string of the molecule is O=C(/C=C/c1ccccc1)N1CCN(c2cc(-n3ccnc3)ncn2)CC1. The number of hydrogen-bond donors (Lipinski definition) is 0. The Hall–Kier alpha value is -3.48. The van der Waals surface area contributed by atoms with Gasteiger partial charge in [0.05, 0.1) is 0 Å². The van der Waals surface area contributed by atoms with Crippen molar-refractivity contribution in [2.24, 2.45) is 0 Å². The maximum absolute atomic E-state index is 12.4. The Morgan fingerprint density at radius 3 is 2.52 bits per heavy atom. The Morgan fingerprint density at radius 1 is 1.00 bits per heavy atom. The van der Waals surface area contributed by atoms with E-state index in [9.17, 15) is 4.79 Å². The van der Waals surface area contributed by atoms with Crippen LogP contribution in [0.15, 0.2) is 67.5 Å². The fourth-order valence-electron chi connectivity index (χ4n) is 3.04. The molecule has 0 atom stereocenters. The number of imidazole rings is 1. The fourth-order valence-corrected chi connectivity index (χ4v) is 3.04. The van der Waals surface area contributed by atoms with Gasteiger partial charge in [0, 0.05) is 50.7 Å². The molecule has 0 saturated carbocycles. The third-order valence-electron chi connectivity index (χ3n) is 4.54. The summed E-state index contributed by atoms with van der Waals surface area (Å²) in [4.78, 5) is 29.2. The second-order valence-electron chi connectivity index (χ2n) is 6.26. The number of amides is 1. The molecular weight excluding hydrogens is 340 g/mol. The average molecular weight is 360 g/mol. The first-order chi connectivity index (χ1) is 13.3. The van der Waals surface area contributed by atoms with E-state index in [0.29, 0.717) is 13.1 Å². The van der Waals surface area contributed by atoms with Crippen LogP contribution >= 0.6 is 0 Å². The third kappa shape index (κ3) is 4.03. The molecule has 7 heteroatoms. The molecule has 1 aliphatic heterocycles. The second-order valence-corrected chi connectivity index (χ2v) is 6.26. The monoisotopic (exact) mass is 360 g/mol. The van der Waals surface area contributed by atoms with Crippen LogP contribution in [0.1, 0.15) is 5.56 Å². The minimum absolute atomic E-state index is 0.0419. The highest BCUT2D eigenvalue weighted by molar-refractivity contribution is 5.91. The number of aromatic nitrogens is 4. The Kier molecular flexibility index (Phi) is 4.91. The molecule has 0 aliphatic carbocycles. The van der Waals surface area contributed by atoms with E-state index in [1.54, 1.807) is 24.9 Å². The minimum Gasteiger partial charge on any atom is -0.353 e. The van der Waals surface area contributed by atoms with Crippen molar-refractivity contribution in [3.8, 4) is 5.82 Å². The molecule has 7 nitrogen and oxygen atoms in total. The molecule has 1 amide bonds. The van der Waals surface area contributed by atoms with Crippen molar-refractivity contribution < 1.29 is 4.79 Å². The molecule has 0 N–H and O–H groups in total. The molecule has 0 spiro atoms. The number of carbonyl (C=O) groups excluding carboxylic acids is 1. The third-order valence-corrected chi connectivity index (χ3v) is 4.54. The predicted molar refractivity (Wildman–Crippen MR) is 103 cm³/mol. The van der Waals surface area contributed by atoms with E-state index < -0.39 is 0 Å². The number of nitrogens with zero attached hydrogens (tertiary/aromatic N) is 6. The first kappa shape index (κ1) is 17.0. The van der Waals surface area contributed by atoms with Gasteiger partial charge < -0.3 is 9.80 Å². The number of benzene rings is 1. The molecule has 0 unspecified atom stereocenters. The highest BCUT2D eigenvalue weighted by Gasteiger charge is 2.21. The van der Waals surface area contributed by atoms with Gasteiger partial charge in [-0.05, 0) is 11.6 Å². The lowest BCUT2D eigenvalue weighted by Crippen LogP contribution is -2.48. The minimum atomic E-state index is 0.0419. The number of anilines is 1. The first-order valence-corrected chi connectivity index (χ1v) is 8.87. The highest BCUT2D eigenvalue weighted by Crippen LogP contribution is 2.16. The van der Waals surface area contributed by atoms with Crippen molar-refractivity contribution in [2.75, 3.05) is 31.1 Å². The molecule has 0 radical (unpaired) electrons. The summed E-state index contributed by atoms with van der Waals surface area (Å²) in [7, 11) is 0. The lowest BCUT2D eigenvalue weighted by molar-refractivity contribution is -0.126. The summed E-state index contributed by atoms with van der Waals surface area (Å²) in [5.41, 5.74) is 1.03. The lowest BCUT2D eigenvalue weighted by Gasteiger charge is -2.35. The van der Waals surface area contributed by atoms with Gasteiger partial charge in [0.15, 0.2) is 0 Å². The standard InChI is InChI=1S/C20H20N6O/c27-20(7-6-17-4-2-1-3-5-17)25-12-10-24(11-13-25)18-14-19(23-15-22-18)26-9-8-21-16-26/h1-9,14-16H,10-13H2/b7-6+. The number of hydrogen-bond acceptors (Lipinski definition) is 5. The zero-order valence-corrected chi connectivity index (χ0v) is 14.8. The van der Waals surface area contributed by atoms with Crippen molar-refractivity contribution in [1.29, 1.82) is 0 Å². The molecule has 2 aromatic heterocycles. The molecule has 1 aliphatic rings. The Labute approximate surface area is 157 Å². The van der Waals surface area contributed by atoms with Gasteiger partial charge in [0.1, 0.15) is 24.3 Å². The Balaban J connectivity index is 1.37. The van der Waals surface area contributed by atoms with Crippen LogP contribution in [0.5, 0.6) is 0 Å². The van der Waals surface area contributed by atoms with Gasteiger partial charge in [-0.3, -0.25) is 9.36 Å². The van der Waals surface area contributed by atoms with E-state index in [1.165, 1.54) is 0 Å². The molecule has 136 valence electrons. The van der Waals surface area contributed by atoms with Crippen LogP contribution in [-0.2, 0) is 4.79 Å². The molecule has 1 aromatic carbocycles. The summed E-state index contributed by atoms with van der Waals surface area (Å²) in [6.07, 6.45) is 10.3. The van der Waals surface area contributed by atoms with Crippen molar-refractivity contribution in [2.45, 2.75) is 0 Å². The number of rotatable bonds is 4. The summed E-state index contributed by atoms with van der Waals surface area (Å²) in [5.74, 6) is 1.68. The van der Waals surface area contributed by atoms with Crippen molar-refractivity contribution >= 4 is 17.8 Å². The van der Waals surface area contributed by atoms with Crippen molar-refractivity contribution in [3.05, 3.63) is 73.1 Å². The summed E-state index contributed by atoms with van der Waals surface area (Å²) in [5, 5.41) is 0. The van der Waals surface area contributed by atoms with Gasteiger partial charge in [0.2, 0.25) is 5.91 Å². The predicted octanol–water partition coefficient (Wildman–Crippen LogP) is 2.02. The molecule has 1 saturated heterocycles. The van der Waals surface area contributed by atoms with Crippen LogP contribution in [0.3, 0.4) is 0 Å². The molecule has 4 rings (SSSR count). The smallest absolute Gasteiger partial charge is 0.246 e. The van der Waals surface area contributed by atoms with Crippen LogP contribution in [-0.4, -0.2) is 56.5 Å². The van der Waals surface area contributed by atoms with E-state index in [-0.39, 0.29) is 5.91 Å². The summed E-state index contributed by atoms with van der Waals surface area (Å²) in [6.45, 7) is 2.82. The average Bonchev–Trinajstić information content (AvgIpc) is 3.28. The summed E-state index contributed by atoms with van der Waals surface area (Å²) < 4.78 is 1.85. The second kappa shape index (κ2) is 7.82. The van der Waals surface area contributed by atoms with Gasteiger partial charge in [-0.15, -0.1) is 0 Å².